The molecule has 0 aliphatic heterocycles. The molecular weight excluding hydrogens is 300 g/mol. The quantitative estimate of drug-likeness (QED) is 0.652. The first-order chi connectivity index (χ1) is 9.81. The summed E-state index contributed by atoms with van der Waals surface area (Å²) < 4.78 is 26.2. The maximum Gasteiger partial charge on any atom is 0.339 e. The molecular formula is C12H10N2O6S. The van der Waals surface area contributed by atoms with Crippen molar-refractivity contribution in [3.63, 3.8) is 0 Å². The lowest BCUT2D eigenvalue weighted by Gasteiger charge is -2.08. The van der Waals surface area contributed by atoms with Gasteiger partial charge in [-0.1, -0.05) is 0 Å². The van der Waals surface area contributed by atoms with Crippen molar-refractivity contribution in [1.82, 2.24) is 4.98 Å². The highest BCUT2D eigenvalue weighted by Gasteiger charge is 2.19. The third-order valence-electron chi connectivity index (χ3n) is 2.57. The average Bonchev–Trinajstić information content (AvgIpc) is 2.40. The summed E-state index contributed by atoms with van der Waals surface area (Å²) in [6.07, 6.45) is 1.34. The van der Waals surface area contributed by atoms with Gasteiger partial charge in [0.05, 0.1) is 4.90 Å². The van der Waals surface area contributed by atoms with Crippen LogP contribution in [-0.4, -0.2) is 29.6 Å². The Hall–Kier alpha value is -2.81. The van der Waals surface area contributed by atoms with Crippen molar-refractivity contribution in [2.45, 2.75) is 4.90 Å². The van der Waals surface area contributed by atoms with Gasteiger partial charge in [0, 0.05) is 12.3 Å². The zero-order valence-corrected chi connectivity index (χ0v) is 11.2. The van der Waals surface area contributed by atoms with Crippen LogP contribution in [0.5, 0.6) is 5.75 Å². The monoisotopic (exact) mass is 310 g/mol. The normalized spacial score (nSPS) is 11.0. The Bertz CT molecular complexity index is 856. The molecule has 4 N–H and O–H groups in total. The van der Waals surface area contributed by atoms with E-state index in [0.29, 0.717) is 0 Å². The fourth-order valence-corrected chi connectivity index (χ4v) is 2.65. The first-order valence-electron chi connectivity index (χ1n) is 5.58. The van der Waals surface area contributed by atoms with E-state index in [2.05, 4.69) is 4.98 Å². The number of carboxylic acids is 1. The first kappa shape index (κ1) is 14.6. The number of nitrogens with one attached hydrogen (secondary N) is 2. The van der Waals surface area contributed by atoms with Crippen LogP contribution in [0.4, 0.5) is 5.69 Å². The number of anilines is 1. The van der Waals surface area contributed by atoms with Crippen molar-refractivity contribution in [2.75, 3.05) is 4.72 Å². The van der Waals surface area contributed by atoms with E-state index in [1.807, 2.05) is 4.72 Å². The molecule has 1 aromatic heterocycles. The predicted octanol–water partition coefficient (Wildman–Crippen LogP) is 0.580. The van der Waals surface area contributed by atoms with Crippen molar-refractivity contribution < 1.29 is 23.4 Å². The summed E-state index contributed by atoms with van der Waals surface area (Å²) in [6, 6.07) is 5.47. The molecule has 0 spiro atoms. The van der Waals surface area contributed by atoms with Gasteiger partial charge in [-0.3, -0.25) is 9.52 Å². The summed E-state index contributed by atoms with van der Waals surface area (Å²) in [7, 11) is -4.12. The number of aromatic amines is 1. The number of aromatic hydroxyl groups is 1. The molecule has 2 aromatic rings. The van der Waals surface area contributed by atoms with E-state index in [9.17, 15) is 23.1 Å². The second-order valence-electron chi connectivity index (χ2n) is 4.00. The zero-order valence-electron chi connectivity index (χ0n) is 10.4. The Labute approximate surface area is 118 Å². The topological polar surface area (TPSA) is 137 Å². The summed E-state index contributed by atoms with van der Waals surface area (Å²) >= 11 is 0. The molecule has 9 heteroatoms. The van der Waals surface area contributed by atoms with Crippen LogP contribution in [0, 0.1) is 0 Å². The number of H-pyrrole nitrogens is 1. The number of rotatable bonds is 4. The van der Waals surface area contributed by atoms with Gasteiger partial charge in [-0.2, -0.15) is 0 Å². The highest BCUT2D eigenvalue weighted by molar-refractivity contribution is 7.92. The maximum absolute atomic E-state index is 12.1. The van der Waals surface area contributed by atoms with E-state index in [1.54, 1.807) is 0 Å². The van der Waals surface area contributed by atoms with Crippen LogP contribution in [-0.2, 0) is 10.0 Å². The molecule has 0 radical (unpaired) electrons. The Morgan fingerprint density at radius 2 is 1.95 bits per heavy atom. The third-order valence-corrected chi connectivity index (χ3v) is 3.94. The number of hydrogen-bond acceptors (Lipinski definition) is 5. The molecule has 0 unspecified atom stereocenters. The number of benzene rings is 1. The Morgan fingerprint density at radius 1 is 1.24 bits per heavy atom. The molecule has 0 fully saturated rings. The molecule has 2 rings (SSSR count). The molecule has 1 heterocycles. The van der Waals surface area contributed by atoms with Crippen LogP contribution in [0.25, 0.3) is 0 Å². The number of pyridine rings is 1. The highest BCUT2D eigenvalue weighted by atomic mass is 32.2. The molecule has 21 heavy (non-hydrogen) atoms. The molecule has 0 atom stereocenters. The van der Waals surface area contributed by atoms with Gasteiger partial charge < -0.3 is 15.2 Å². The van der Waals surface area contributed by atoms with Gasteiger partial charge in [-0.15, -0.1) is 0 Å². The van der Waals surface area contributed by atoms with Crippen LogP contribution < -0.4 is 10.3 Å². The minimum Gasteiger partial charge on any atom is -0.507 e. The zero-order chi connectivity index (χ0) is 15.6. The molecule has 0 amide bonds. The Kier molecular flexibility index (Phi) is 3.68. The smallest absolute Gasteiger partial charge is 0.339 e. The SMILES string of the molecule is O=C(O)c1ccc(S(=O)(=O)Nc2ccc[nH]c2=O)cc1O. The van der Waals surface area contributed by atoms with Crippen molar-refractivity contribution in [1.29, 1.82) is 0 Å². The molecule has 8 nitrogen and oxygen atoms in total. The van der Waals surface area contributed by atoms with E-state index in [-0.39, 0.29) is 10.6 Å². The van der Waals surface area contributed by atoms with Crippen LogP contribution >= 0.6 is 0 Å². The predicted molar refractivity (Wildman–Crippen MR) is 72.9 cm³/mol. The summed E-state index contributed by atoms with van der Waals surface area (Å²) in [5.74, 6) is -2.07. The summed E-state index contributed by atoms with van der Waals surface area (Å²) in [6.45, 7) is 0. The van der Waals surface area contributed by atoms with Crippen molar-refractivity contribution in [3.8, 4) is 5.75 Å². The average molecular weight is 310 g/mol. The number of aromatic carboxylic acids is 1. The van der Waals surface area contributed by atoms with Gasteiger partial charge in [0.25, 0.3) is 15.6 Å². The number of phenols is 1. The molecule has 0 aliphatic carbocycles. The largest absolute Gasteiger partial charge is 0.507 e. The van der Waals surface area contributed by atoms with Gasteiger partial charge in [0.2, 0.25) is 0 Å². The summed E-state index contributed by atoms with van der Waals surface area (Å²) in [5.41, 5.74) is -1.25. The number of hydrogen-bond donors (Lipinski definition) is 4. The van der Waals surface area contributed by atoms with E-state index < -0.39 is 32.9 Å². The number of carboxylic acid groups (broad SMARTS) is 1. The molecule has 0 saturated heterocycles. The van der Waals surface area contributed by atoms with E-state index in [0.717, 1.165) is 18.2 Å². The van der Waals surface area contributed by atoms with Crippen molar-refractivity contribution in [2.24, 2.45) is 0 Å². The van der Waals surface area contributed by atoms with Gasteiger partial charge in [-0.25, -0.2) is 13.2 Å². The summed E-state index contributed by atoms with van der Waals surface area (Å²) in [5, 5.41) is 18.3. The standard InChI is InChI=1S/C12H10N2O6S/c15-10-6-7(3-4-8(10)12(17)18)21(19,20)14-9-2-1-5-13-11(9)16/h1-6,14-15H,(H,13,16)(H,17,18). The second kappa shape index (κ2) is 5.29. The lowest BCUT2D eigenvalue weighted by molar-refractivity contribution is 0.0693. The van der Waals surface area contributed by atoms with E-state index in [1.165, 1.54) is 18.3 Å². The lowest BCUT2D eigenvalue weighted by Crippen LogP contribution is -2.19. The molecule has 0 bridgehead atoms. The third kappa shape index (κ3) is 3.03. The number of carbonyl (C=O) groups is 1. The van der Waals surface area contributed by atoms with E-state index in [4.69, 9.17) is 5.11 Å². The van der Waals surface area contributed by atoms with Crippen molar-refractivity contribution >= 4 is 21.7 Å². The number of sulfonamides is 1. The second-order valence-corrected chi connectivity index (χ2v) is 5.68. The molecule has 0 aliphatic rings. The number of aromatic nitrogens is 1. The van der Waals surface area contributed by atoms with Crippen molar-refractivity contribution in [3.05, 3.63) is 52.4 Å². The first-order valence-corrected chi connectivity index (χ1v) is 7.06. The van der Waals surface area contributed by atoms with E-state index >= 15 is 0 Å². The van der Waals surface area contributed by atoms with Crippen LogP contribution in [0.2, 0.25) is 0 Å². The summed E-state index contributed by atoms with van der Waals surface area (Å²) in [4.78, 5) is 24.1. The maximum atomic E-state index is 12.1. The Balaban J connectivity index is 2.41. The van der Waals surface area contributed by atoms with Gasteiger partial charge in [-0.05, 0) is 24.3 Å². The fraction of sp³-hybridized carbons (Fsp3) is 0. The van der Waals surface area contributed by atoms with Gasteiger partial charge in [0.15, 0.2) is 0 Å². The van der Waals surface area contributed by atoms with Crippen LogP contribution in [0.1, 0.15) is 10.4 Å². The van der Waals surface area contributed by atoms with Gasteiger partial charge in [0.1, 0.15) is 17.0 Å². The fourth-order valence-electron chi connectivity index (χ4n) is 1.57. The minimum atomic E-state index is -4.12. The molecule has 110 valence electrons. The highest BCUT2D eigenvalue weighted by Crippen LogP contribution is 2.22. The minimum absolute atomic E-state index is 0.195. The molecule has 1 aromatic carbocycles. The van der Waals surface area contributed by atoms with Crippen LogP contribution in [0.15, 0.2) is 46.2 Å². The van der Waals surface area contributed by atoms with Gasteiger partial charge >= 0.3 is 5.97 Å². The lowest BCUT2D eigenvalue weighted by atomic mass is 10.2. The van der Waals surface area contributed by atoms with Crippen LogP contribution in [0.3, 0.4) is 0 Å². The Morgan fingerprint density at radius 3 is 2.52 bits per heavy atom. The molecule has 0 saturated carbocycles.